The van der Waals surface area contributed by atoms with Crippen molar-refractivity contribution in [2.75, 3.05) is 25.0 Å². The largest absolute Gasteiger partial charge is 0.327 e. The summed E-state index contributed by atoms with van der Waals surface area (Å²) in [5.41, 5.74) is 3.23. The molecule has 0 aliphatic carbocycles. The molecule has 4 rings (SSSR count). The molecule has 1 fully saturated rings. The average Bonchev–Trinajstić information content (AvgIpc) is 3.13. The van der Waals surface area contributed by atoms with Gasteiger partial charge in [-0.3, -0.25) is 4.79 Å². The van der Waals surface area contributed by atoms with E-state index in [0.29, 0.717) is 18.4 Å². The number of para-hydroxylation sites is 2. The molecule has 1 amide bonds. The molecule has 1 aliphatic heterocycles. The number of nitrogens with one attached hydrogen (secondary N) is 2. The molecule has 2 N–H and O–H groups in total. The molecule has 0 saturated carbocycles. The quantitative estimate of drug-likeness (QED) is 0.691. The first-order chi connectivity index (χ1) is 13.6. The molecular formula is C23H28N3OS+. The maximum Gasteiger partial charge on any atom is 0.279 e. The number of fused-ring (bicyclic) bond motifs is 1. The van der Waals surface area contributed by atoms with Crippen LogP contribution in [0.2, 0.25) is 0 Å². The number of likely N-dealkylation sites (tertiary alicyclic amines) is 1. The number of carbonyl (C=O) groups is 1. The SMILES string of the molecule is CC(C)c1ccccc1NC(=O)C[NH+]1CCC[C@@H](c2nc3ccccc3s2)C1. The molecule has 2 aromatic carbocycles. The summed E-state index contributed by atoms with van der Waals surface area (Å²) >= 11 is 1.81. The standard InChI is InChI=1S/C23H27N3OS/c1-16(2)18-9-3-4-10-19(18)24-22(27)15-26-13-7-8-17(14-26)23-25-20-11-5-6-12-21(20)28-23/h3-6,9-12,16-17H,7-8,13-15H2,1-2H3,(H,24,27)/p+1/t17-/m1/s1. The Hall–Kier alpha value is -2.24. The van der Waals surface area contributed by atoms with E-state index in [2.05, 4.69) is 43.4 Å². The second-order valence-corrected chi connectivity index (χ2v) is 9.09. The van der Waals surface area contributed by atoms with Gasteiger partial charge in [0.2, 0.25) is 0 Å². The van der Waals surface area contributed by atoms with Crippen LogP contribution in [0.15, 0.2) is 48.5 Å². The fourth-order valence-electron chi connectivity index (χ4n) is 4.12. The van der Waals surface area contributed by atoms with Crippen LogP contribution in [0.5, 0.6) is 0 Å². The summed E-state index contributed by atoms with van der Waals surface area (Å²) in [4.78, 5) is 18.9. The minimum Gasteiger partial charge on any atom is -0.327 e. The molecule has 1 unspecified atom stereocenters. The van der Waals surface area contributed by atoms with Gasteiger partial charge in [0.25, 0.3) is 5.91 Å². The van der Waals surface area contributed by atoms with Crippen molar-refractivity contribution in [3.63, 3.8) is 0 Å². The number of rotatable bonds is 5. The zero-order valence-electron chi connectivity index (χ0n) is 16.6. The number of hydrogen-bond acceptors (Lipinski definition) is 3. The molecule has 1 aromatic heterocycles. The minimum atomic E-state index is 0.105. The van der Waals surface area contributed by atoms with Crippen LogP contribution in [0, 0.1) is 0 Å². The highest BCUT2D eigenvalue weighted by atomic mass is 32.1. The first-order valence-corrected chi connectivity index (χ1v) is 11.0. The van der Waals surface area contributed by atoms with Gasteiger partial charge in [-0.05, 0) is 42.5 Å². The Morgan fingerprint density at radius 3 is 2.82 bits per heavy atom. The first kappa shape index (κ1) is 19.1. The third kappa shape index (κ3) is 4.26. The Labute approximate surface area is 170 Å². The Balaban J connectivity index is 1.40. The van der Waals surface area contributed by atoms with Crippen LogP contribution in [-0.4, -0.2) is 30.5 Å². The van der Waals surface area contributed by atoms with Gasteiger partial charge >= 0.3 is 0 Å². The lowest BCUT2D eigenvalue weighted by atomic mass is 9.98. The first-order valence-electron chi connectivity index (χ1n) is 10.2. The third-order valence-electron chi connectivity index (χ3n) is 5.55. The smallest absolute Gasteiger partial charge is 0.279 e. The Morgan fingerprint density at radius 2 is 2.00 bits per heavy atom. The molecule has 0 radical (unpaired) electrons. The molecule has 28 heavy (non-hydrogen) atoms. The molecule has 3 aromatic rings. The number of quaternary nitrogens is 1. The zero-order valence-corrected chi connectivity index (χ0v) is 17.4. The van der Waals surface area contributed by atoms with Crippen LogP contribution >= 0.6 is 11.3 Å². The van der Waals surface area contributed by atoms with E-state index in [-0.39, 0.29) is 5.91 Å². The van der Waals surface area contributed by atoms with Crippen molar-refractivity contribution in [1.29, 1.82) is 0 Å². The number of amides is 1. The van der Waals surface area contributed by atoms with E-state index in [9.17, 15) is 4.79 Å². The van der Waals surface area contributed by atoms with E-state index in [1.54, 1.807) is 0 Å². The van der Waals surface area contributed by atoms with E-state index >= 15 is 0 Å². The molecule has 1 aliphatic rings. The van der Waals surface area contributed by atoms with Gasteiger partial charge in [0.05, 0.1) is 29.2 Å². The van der Waals surface area contributed by atoms with E-state index in [0.717, 1.165) is 30.7 Å². The average molecular weight is 395 g/mol. The zero-order chi connectivity index (χ0) is 19.5. The highest BCUT2D eigenvalue weighted by Crippen LogP contribution is 2.30. The fraction of sp³-hybridized carbons (Fsp3) is 0.391. The fourth-order valence-corrected chi connectivity index (χ4v) is 5.22. The maximum absolute atomic E-state index is 12.7. The predicted molar refractivity (Wildman–Crippen MR) is 116 cm³/mol. The monoisotopic (exact) mass is 394 g/mol. The van der Waals surface area contributed by atoms with Crippen LogP contribution in [0.3, 0.4) is 0 Å². The van der Waals surface area contributed by atoms with Gasteiger partial charge < -0.3 is 10.2 Å². The van der Waals surface area contributed by atoms with Crippen molar-refractivity contribution in [1.82, 2.24) is 4.98 Å². The summed E-state index contributed by atoms with van der Waals surface area (Å²) in [6.07, 6.45) is 2.31. The summed E-state index contributed by atoms with van der Waals surface area (Å²) < 4.78 is 1.26. The lowest BCUT2D eigenvalue weighted by Crippen LogP contribution is -3.14. The van der Waals surface area contributed by atoms with Gasteiger partial charge in [-0.25, -0.2) is 4.98 Å². The Bertz CT molecular complexity index is 932. The molecule has 4 nitrogen and oxygen atoms in total. The van der Waals surface area contributed by atoms with Gasteiger partial charge in [0.15, 0.2) is 6.54 Å². The van der Waals surface area contributed by atoms with Crippen LogP contribution in [0.25, 0.3) is 10.2 Å². The molecular weight excluding hydrogens is 366 g/mol. The molecule has 146 valence electrons. The van der Waals surface area contributed by atoms with Crippen LogP contribution in [0.1, 0.15) is 49.1 Å². The van der Waals surface area contributed by atoms with E-state index in [1.165, 1.54) is 26.6 Å². The Kier molecular flexibility index (Phi) is 5.74. The lowest BCUT2D eigenvalue weighted by Gasteiger charge is -2.28. The molecule has 0 spiro atoms. The predicted octanol–water partition coefficient (Wildman–Crippen LogP) is 3.82. The normalized spacial score (nSPS) is 19.8. The van der Waals surface area contributed by atoms with Crippen LogP contribution in [0.4, 0.5) is 5.69 Å². The number of anilines is 1. The number of hydrogen-bond donors (Lipinski definition) is 2. The number of aromatic nitrogens is 1. The van der Waals surface area contributed by atoms with Crippen molar-refractivity contribution in [2.24, 2.45) is 0 Å². The lowest BCUT2D eigenvalue weighted by molar-refractivity contribution is -0.898. The number of carbonyl (C=O) groups excluding carboxylic acids is 1. The van der Waals surface area contributed by atoms with E-state index in [1.807, 2.05) is 35.6 Å². The summed E-state index contributed by atoms with van der Waals surface area (Å²) in [6, 6.07) is 16.5. The maximum atomic E-state index is 12.7. The summed E-state index contributed by atoms with van der Waals surface area (Å²) in [5, 5.41) is 4.37. The minimum absolute atomic E-state index is 0.105. The summed E-state index contributed by atoms with van der Waals surface area (Å²) in [5.74, 6) is 0.951. The molecule has 5 heteroatoms. The van der Waals surface area contributed by atoms with E-state index in [4.69, 9.17) is 4.98 Å². The van der Waals surface area contributed by atoms with Gasteiger partial charge in [-0.15, -0.1) is 11.3 Å². The number of benzene rings is 2. The second-order valence-electron chi connectivity index (χ2n) is 8.03. The second kappa shape index (κ2) is 8.41. The van der Waals surface area contributed by atoms with Crippen molar-refractivity contribution in [3.8, 4) is 0 Å². The van der Waals surface area contributed by atoms with Crippen molar-refractivity contribution in [3.05, 3.63) is 59.1 Å². The van der Waals surface area contributed by atoms with Crippen LogP contribution in [-0.2, 0) is 4.79 Å². The number of nitrogens with zero attached hydrogens (tertiary/aromatic N) is 1. The van der Waals surface area contributed by atoms with Crippen molar-refractivity contribution >= 4 is 33.1 Å². The topological polar surface area (TPSA) is 46.4 Å². The van der Waals surface area contributed by atoms with Gasteiger partial charge in [0, 0.05) is 5.69 Å². The molecule has 2 atom stereocenters. The van der Waals surface area contributed by atoms with Crippen molar-refractivity contribution < 1.29 is 9.69 Å². The summed E-state index contributed by atoms with van der Waals surface area (Å²) in [6.45, 7) is 6.88. The van der Waals surface area contributed by atoms with Crippen LogP contribution < -0.4 is 10.2 Å². The highest BCUT2D eigenvalue weighted by molar-refractivity contribution is 7.18. The van der Waals surface area contributed by atoms with E-state index < -0.39 is 0 Å². The molecule has 2 heterocycles. The van der Waals surface area contributed by atoms with Gasteiger partial charge in [0.1, 0.15) is 5.01 Å². The molecule has 1 saturated heterocycles. The Morgan fingerprint density at radius 1 is 1.21 bits per heavy atom. The third-order valence-corrected chi connectivity index (χ3v) is 6.74. The molecule has 0 bridgehead atoms. The van der Waals surface area contributed by atoms with Gasteiger partial charge in [-0.2, -0.15) is 0 Å². The number of thiazole rings is 1. The van der Waals surface area contributed by atoms with Gasteiger partial charge in [-0.1, -0.05) is 44.2 Å². The van der Waals surface area contributed by atoms with Crippen molar-refractivity contribution in [2.45, 2.75) is 38.5 Å². The summed E-state index contributed by atoms with van der Waals surface area (Å²) in [7, 11) is 0. The number of piperidine rings is 1. The highest BCUT2D eigenvalue weighted by Gasteiger charge is 2.28.